The fourth-order valence-electron chi connectivity index (χ4n) is 4.28. The number of benzene rings is 2. The zero-order chi connectivity index (χ0) is 22.5. The number of carbonyl (C=O) groups excluding carboxylic acids is 1. The number of hydrogen-bond donors (Lipinski definition) is 2. The summed E-state index contributed by atoms with van der Waals surface area (Å²) in [6.07, 6.45) is -0.502. The van der Waals surface area contributed by atoms with Crippen molar-refractivity contribution in [2.24, 2.45) is 0 Å². The van der Waals surface area contributed by atoms with Gasteiger partial charge in [0.05, 0.1) is 0 Å². The topological polar surface area (TPSA) is 74.3 Å². The smallest absolute Gasteiger partial charge is 0.225 e. The number of ether oxygens (including phenoxy) is 2. The van der Waals surface area contributed by atoms with Crippen molar-refractivity contribution in [1.82, 2.24) is 9.80 Å². The Balaban J connectivity index is 1.17. The summed E-state index contributed by atoms with van der Waals surface area (Å²) in [7, 11) is 0. The van der Waals surface area contributed by atoms with Gasteiger partial charge in [-0.2, -0.15) is 0 Å². The van der Waals surface area contributed by atoms with Gasteiger partial charge in [-0.25, -0.2) is 0 Å². The van der Waals surface area contributed by atoms with E-state index in [1.165, 1.54) is 0 Å². The molecule has 1 amide bonds. The molecule has 2 aliphatic heterocycles. The van der Waals surface area contributed by atoms with Crippen LogP contribution in [0.4, 0.5) is 5.69 Å². The Hall–Kier alpha value is -2.61. The van der Waals surface area contributed by atoms with Crippen LogP contribution >= 0.6 is 0 Å². The molecule has 0 aliphatic carbocycles. The summed E-state index contributed by atoms with van der Waals surface area (Å²) in [6, 6.07) is 13.6. The number of nitrogens with zero attached hydrogens (tertiary/aromatic N) is 2. The van der Waals surface area contributed by atoms with E-state index in [1.807, 2.05) is 56.3 Å². The summed E-state index contributed by atoms with van der Waals surface area (Å²) in [4.78, 5) is 17.0. The molecule has 0 radical (unpaired) electrons. The standard InChI is InChI=1S/C25H33N3O4/c1-18-6-5-7-19(2)25(18)26-24(30)10-11-27-12-14-28(15-13-27)16-20(29)23-17-31-21-8-3-4-9-22(21)32-23/h3-9,20,23,29H,10-17H2,1-2H3,(H,26,30). The number of anilines is 1. The van der Waals surface area contributed by atoms with E-state index < -0.39 is 6.10 Å². The summed E-state index contributed by atoms with van der Waals surface area (Å²) >= 11 is 0. The predicted octanol–water partition coefficient (Wildman–Crippen LogP) is 2.45. The van der Waals surface area contributed by atoms with E-state index >= 15 is 0 Å². The number of nitrogens with one attached hydrogen (secondary N) is 1. The van der Waals surface area contributed by atoms with Gasteiger partial charge in [0.15, 0.2) is 17.6 Å². The third-order valence-corrected chi connectivity index (χ3v) is 6.27. The first kappa shape index (κ1) is 22.6. The molecule has 2 unspecified atom stereocenters. The van der Waals surface area contributed by atoms with Crippen LogP contribution in [0.5, 0.6) is 11.5 Å². The molecule has 7 nitrogen and oxygen atoms in total. The predicted molar refractivity (Wildman–Crippen MR) is 124 cm³/mol. The first-order valence-electron chi connectivity index (χ1n) is 11.4. The first-order valence-corrected chi connectivity index (χ1v) is 11.4. The number of rotatable bonds is 7. The molecule has 2 aromatic rings. The second kappa shape index (κ2) is 10.3. The molecular formula is C25H33N3O4. The van der Waals surface area contributed by atoms with Crippen molar-refractivity contribution in [1.29, 1.82) is 0 Å². The lowest BCUT2D eigenvalue weighted by atomic mass is 10.1. The molecule has 2 aliphatic rings. The number of para-hydroxylation sites is 3. The highest BCUT2D eigenvalue weighted by molar-refractivity contribution is 5.92. The van der Waals surface area contributed by atoms with Crippen molar-refractivity contribution in [3.05, 3.63) is 53.6 Å². The van der Waals surface area contributed by atoms with Gasteiger partial charge >= 0.3 is 0 Å². The fraction of sp³-hybridized carbons (Fsp3) is 0.480. The molecule has 0 spiro atoms. The highest BCUT2D eigenvalue weighted by Gasteiger charge is 2.30. The van der Waals surface area contributed by atoms with Crippen molar-refractivity contribution in [3.8, 4) is 11.5 Å². The fourth-order valence-corrected chi connectivity index (χ4v) is 4.28. The average Bonchev–Trinajstić information content (AvgIpc) is 2.81. The van der Waals surface area contributed by atoms with E-state index in [0.717, 1.165) is 55.3 Å². The minimum Gasteiger partial charge on any atom is -0.486 e. The second-order valence-corrected chi connectivity index (χ2v) is 8.69. The third kappa shape index (κ3) is 5.59. The molecule has 1 saturated heterocycles. The quantitative estimate of drug-likeness (QED) is 0.691. The molecule has 2 atom stereocenters. The number of carbonyl (C=O) groups is 1. The minimum atomic E-state index is -0.613. The largest absolute Gasteiger partial charge is 0.486 e. The number of β-amino-alcohol motifs (C(OH)–C–C–N with tert-alkyl or cyclic N) is 1. The number of aryl methyl sites for hydroxylation is 2. The third-order valence-electron chi connectivity index (χ3n) is 6.27. The van der Waals surface area contributed by atoms with Gasteiger partial charge in [-0.1, -0.05) is 30.3 Å². The molecule has 0 aromatic heterocycles. The van der Waals surface area contributed by atoms with Crippen LogP contribution in [0.25, 0.3) is 0 Å². The molecule has 32 heavy (non-hydrogen) atoms. The van der Waals surface area contributed by atoms with Crippen LogP contribution in [0.1, 0.15) is 17.5 Å². The molecule has 0 saturated carbocycles. The van der Waals surface area contributed by atoms with Crippen LogP contribution in [0.2, 0.25) is 0 Å². The van der Waals surface area contributed by atoms with Crippen LogP contribution in [0, 0.1) is 13.8 Å². The molecule has 4 rings (SSSR count). The van der Waals surface area contributed by atoms with Crippen LogP contribution in [-0.4, -0.2) is 78.9 Å². The van der Waals surface area contributed by atoms with Gasteiger partial charge in [0.25, 0.3) is 0 Å². The number of aliphatic hydroxyl groups is 1. The summed E-state index contributed by atoms with van der Waals surface area (Å²) in [5, 5.41) is 13.7. The van der Waals surface area contributed by atoms with Crippen molar-refractivity contribution >= 4 is 11.6 Å². The van der Waals surface area contributed by atoms with E-state index in [-0.39, 0.29) is 12.0 Å². The Labute approximate surface area is 189 Å². The second-order valence-electron chi connectivity index (χ2n) is 8.69. The molecular weight excluding hydrogens is 406 g/mol. The van der Waals surface area contributed by atoms with Gasteiger partial charge in [0.1, 0.15) is 12.7 Å². The lowest BCUT2D eigenvalue weighted by molar-refractivity contribution is -0.116. The Morgan fingerprint density at radius 1 is 1.03 bits per heavy atom. The Bertz CT molecular complexity index is 907. The Morgan fingerprint density at radius 3 is 2.41 bits per heavy atom. The maximum absolute atomic E-state index is 12.4. The van der Waals surface area contributed by atoms with Gasteiger partial charge < -0.3 is 24.8 Å². The van der Waals surface area contributed by atoms with Crippen molar-refractivity contribution in [2.45, 2.75) is 32.5 Å². The number of piperazine rings is 1. The number of amides is 1. The summed E-state index contributed by atoms with van der Waals surface area (Å²) in [6.45, 7) is 9.16. The van der Waals surface area contributed by atoms with Crippen LogP contribution in [-0.2, 0) is 4.79 Å². The van der Waals surface area contributed by atoms with Crippen LogP contribution in [0.3, 0.4) is 0 Å². The number of hydrogen-bond acceptors (Lipinski definition) is 6. The summed E-state index contributed by atoms with van der Waals surface area (Å²) in [5.74, 6) is 1.47. The van der Waals surface area contributed by atoms with Gasteiger partial charge in [0.2, 0.25) is 5.91 Å². The van der Waals surface area contributed by atoms with E-state index in [9.17, 15) is 9.90 Å². The van der Waals surface area contributed by atoms with E-state index in [0.29, 0.717) is 25.3 Å². The SMILES string of the molecule is Cc1cccc(C)c1NC(=O)CCN1CCN(CC(O)C2COc3ccccc3O2)CC1. The lowest BCUT2D eigenvalue weighted by Crippen LogP contribution is -2.52. The highest BCUT2D eigenvalue weighted by Crippen LogP contribution is 2.31. The maximum atomic E-state index is 12.4. The molecule has 0 bridgehead atoms. The lowest BCUT2D eigenvalue weighted by Gasteiger charge is -2.37. The average molecular weight is 440 g/mol. The van der Waals surface area contributed by atoms with E-state index in [4.69, 9.17) is 9.47 Å². The van der Waals surface area contributed by atoms with E-state index in [1.54, 1.807) is 0 Å². The molecule has 2 aromatic carbocycles. The highest BCUT2D eigenvalue weighted by atomic mass is 16.6. The Morgan fingerprint density at radius 2 is 1.69 bits per heavy atom. The molecule has 2 heterocycles. The van der Waals surface area contributed by atoms with Gasteiger partial charge in [-0.15, -0.1) is 0 Å². The number of aliphatic hydroxyl groups excluding tert-OH is 1. The first-order chi connectivity index (χ1) is 15.5. The molecule has 7 heteroatoms. The van der Waals surface area contributed by atoms with E-state index in [2.05, 4.69) is 15.1 Å². The molecule has 2 N–H and O–H groups in total. The zero-order valence-corrected chi connectivity index (χ0v) is 18.9. The summed E-state index contributed by atoms with van der Waals surface area (Å²) in [5.41, 5.74) is 3.09. The number of fused-ring (bicyclic) bond motifs is 1. The van der Waals surface area contributed by atoms with Crippen molar-refractivity contribution < 1.29 is 19.4 Å². The van der Waals surface area contributed by atoms with Gasteiger partial charge in [-0.05, 0) is 37.1 Å². The van der Waals surface area contributed by atoms with Crippen molar-refractivity contribution in [2.75, 3.05) is 51.2 Å². The molecule has 1 fully saturated rings. The normalized spacial score (nSPS) is 20.0. The zero-order valence-electron chi connectivity index (χ0n) is 18.9. The molecule has 172 valence electrons. The Kier molecular flexibility index (Phi) is 7.29. The maximum Gasteiger partial charge on any atom is 0.225 e. The van der Waals surface area contributed by atoms with Crippen molar-refractivity contribution in [3.63, 3.8) is 0 Å². The monoisotopic (exact) mass is 439 g/mol. The van der Waals surface area contributed by atoms with Crippen LogP contribution < -0.4 is 14.8 Å². The van der Waals surface area contributed by atoms with Gasteiger partial charge in [0, 0.05) is 51.4 Å². The van der Waals surface area contributed by atoms with Gasteiger partial charge in [-0.3, -0.25) is 9.69 Å². The summed E-state index contributed by atoms with van der Waals surface area (Å²) < 4.78 is 11.7. The minimum absolute atomic E-state index is 0.0509. The van der Waals surface area contributed by atoms with Crippen LogP contribution in [0.15, 0.2) is 42.5 Å².